The average molecular weight is 203 g/mol. The second kappa shape index (κ2) is 4.13. The molecule has 0 aliphatic heterocycles. The van der Waals surface area contributed by atoms with Crippen LogP contribution in [0.3, 0.4) is 0 Å². The molecule has 2 fully saturated rings. The fourth-order valence-corrected chi connectivity index (χ4v) is 2.46. The maximum absolute atomic E-state index is 12.5. The summed E-state index contributed by atoms with van der Waals surface area (Å²) in [5.41, 5.74) is 0. The third-order valence-corrected chi connectivity index (χ3v) is 3.63. The molecule has 2 aliphatic carbocycles. The van der Waals surface area contributed by atoms with Gasteiger partial charge in [-0.25, -0.2) is 8.78 Å². The first kappa shape index (κ1) is 10.3. The van der Waals surface area contributed by atoms with E-state index in [1.807, 2.05) is 0 Å². The van der Waals surface area contributed by atoms with Gasteiger partial charge in [-0.15, -0.1) is 0 Å². The molecule has 2 rings (SSSR count). The summed E-state index contributed by atoms with van der Waals surface area (Å²) in [7, 11) is 0. The van der Waals surface area contributed by atoms with Crippen LogP contribution < -0.4 is 5.32 Å². The number of hydrogen-bond acceptors (Lipinski definition) is 1. The van der Waals surface area contributed by atoms with Crippen molar-refractivity contribution in [2.75, 3.05) is 0 Å². The summed E-state index contributed by atoms with van der Waals surface area (Å²) in [6.07, 6.45) is 2.57. The molecular weight excluding hydrogens is 184 g/mol. The fourth-order valence-electron chi connectivity index (χ4n) is 2.46. The number of hydrogen-bond donors (Lipinski definition) is 1. The minimum absolute atomic E-state index is 0.352. The molecule has 0 saturated heterocycles. The van der Waals surface area contributed by atoms with Crippen LogP contribution >= 0.6 is 0 Å². The zero-order chi connectivity index (χ0) is 10.1. The van der Waals surface area contributed by atoms with Gasteiger partial charge in [0.2, 0.25) is 6.43 Å². The Morgan fingerprint density at radius 1 is 1.21 bits per heavy atom. The third-order valence-electron chi connectivity index (χ3n) is 3.63. The van der Waals surface area contributed by atoms with Gasteiger partial charge in [0.15, 0.2) is 0 Å². The Morgan fingerprint density at radius 3 is 2.50 bits per heavy atom. The molecule has 2 aliphatic rings. The van der Waals surface area contributed by atoms with Gasteiger partial charge in [-0.2, -0.15) is 0 Å². The highest BCUT2D eigenvalue weighted by Crippen LogP contribution is 2.34. The molecule has 82 valence electrons. The van der Waals surface area contributed by atoms with Gasteiger partial charge in [0.25, 0.3) is 0 Å². The topological polar surface area (TPSA) is 12.0 Å². The van der Waals surface area contributed by atoms with Crippen molar-refractivity contribution in [3.63, 3.8) is 0 Å². The van der Waals surface area contributed by atoms with Crippen molar-refractivity contribution >= 4 is 0 Å². The monoisotopic (exact) mass is 203 g/mol. The average Bonchev–Trinajstić information content (AvgIpc) is 2.82. The molecule has 0 radical (unpaired) electrons. The molecule has 0 bridgehead atoms. The van der Waals surface area contributed by atoms with Gasteiger partial charge in [0.1, 0.15) is 0 Å². The summed E-state index contributed by atoms with van der Waals surface area (Å²) in [6.45, 7) is 2.21. The Morgan fingerprint density at radius 2 is 1.93 bits per heavy atom. The minimum Gasteiger partial charge on any atom is -0.311 e. The van der Waals surface area contributed by atoms with Crippen LogP contribution in [-0.4, -0.2) is 18.5 Å². The Labute approximate surface area is 84.3 Å². The van der Waals surface area contributed by atoms with Crippen LogP contribution in [0, 0.1) is 11.8 Å². The van der Waals surface area contributed by atoms with Crippen LogP contribution in [-0.2, 0) is 0 Å². The number of halogens is 2. The molecule has 2 unspecified atom stereocenters. The molecule has 14 heavy (non-hydrogen) atoms. The summed E-state index contributed by atoms with van der Waals surface area (Å²) in [5.74, 6) is 0.414. The number of rotatable bonds is 3. The molecule has 0 amide bonds. The maximum Gasteiger partial charge on any atom is 0.241 e. The SMILES string of the molecule is C[C@@H]1C[C@H]1NC1CCCC(C(F)F)C1. The maximum atomic E-state index is 12.5. The van der Waals surface area contributed by atoms with Crippen LogP contribution in [0.2, 0.25) is 0 Å². The Hall–Kier alpha value is -0.180. The Bertz CT molecular complexity index is 196. The predicted molar refractivity (Wildman–Crippen MR) is 52.5 cm³/mol. The first-order chi connectivity index (χ1) is 6.66. The normalized spacial score (nSPS) is 42.9. The van der Waals surface area contributed by atoms with E-state index in [2.05, 4.69) is 12.2 Å². The predicted octanol–water partition coefficient (Wildman–Crippen LogP) is 2.81. The third kappa shape index (κ3) is 2.44. The van der Waals surface area contributed by atoms with Crippen molar-refractivity contribution in [1.29, 1.82) is 0 Å². The highest BCUT2D eigenvalue weighted by Gasteiger charge is 2.36. The Kier molecular flexibility index (Phi) is 3.05. The van der Waals surface area contributed by atoms with Crippen LogP contribution in [0.1, 0.15) is 39.0 Å². The molecule has 1 N–H and O–H groups in total. The standard InChI is InChI=1S/C11H19F2N/c1-7-5-10(7)14-9-4-2-3-8(6-9)11(12)13/h7-11,14H,2-6H2,1H3/t7-,8?,9?,10-/m1/s1. The summed E-state index contributed by atoms with van der Waals surface area (Å²) >= 11 is 0. The van der Waals surface area contributed by atoms with Gasteiger partial charge in [-0.3, -0.25) is 0 Å². The number of nitrogens with one attached hydrogen (secondary N) is 1. The Balaban J connectivity index is 1.76. The molecule has 2 saturated carbocycles. The van der Waals surface area contributed by atoms with Crippen molar-refractivity contribution in [2.24, 2.45) is 11.8 Å². The summed E-state index contributed by atoms with van der Waals surface area (Å²) in [4.78, 5) is 0. The molecule has 3 heteroatoms. The van der Waals surface area contributed by atoms with Crippen molar-refractivity contribution < 1.29 is 8.78 Å². The van der Waals surface area contributed by atoms with Crippen molar-refractivity contribution in [2.45, 2.75) is 57.5 Å². The van der Waals surface area contributed by atoms with E-state index >= 15 is 0 Å². The second-order valence-corrected chi connectivity index (χ2v) is 4.94. The molecule has 0 aromatic rings. The lowest BCUT2D eigenvalue weighted by atomic mass is 9.86. The summed E-state index contributed by atoms with van der Waals surface area (Å²) < 4.78 is 25.0. The van der Waals surface area contributed by atoms with Crippen LogP contribution in [0.4, 0.5) is 8.78 Å². The van der Waals surface area contributed by atoms with Gasteiger partial charge in [-0.1, -0.05) is 13.3 Å². The quantitative estimate of drug-likeness (QED) is 0.743. The van der Waals surface area contributed by atoms with Gasteiger partial charge in [0, 0.05) is 18.0 Å². The molecule has 0 heterocycles. The lowest BCUT2D eigenvalue weighted by Gasteiger charge is -2.29. The molecule has 0 spiro atoms. The van der Waals surface area contributed by atoms with E-state index in [9.17, 15) is 8.78 Å². The zero-order valence-corrected chi connectivity index (χ0v) is 8.68. The van der Waals surface area contributed by atoms with E-state index in [-0.39, 0.29) is 5.92 Å². The summed E-state index contributed by atoms with van der Waals surface area (Å²) in [5, 5.41) is 3.49. The highest BCUT2D eigenvalue weighted by atomic mass is 19.3. The van der Waals surface area contributed by atoms with E-state index in [1.54, 1.807) is 0 Å². The van der Waals surface area contributed by atoms with E-state index in [0.717, 1.165) is 25.2 Å². The van der Waals surface area contributed by atoms with Gasteiger partial charge in [0.05, 0.1) is 0 Å². The lowest BCUT2D eigenvalue weighted by Crippen LogP contribution is -2.37. The van der Waals surface area contributed by atoms with E-state index in [1.165, 1.54) is 6.42 Å². The zero-order valence-electron chi connectivity index (χ0n) is 8.68. The van der Waals surface area contributed by atoms with Crippen molar-refractivity contribution in [3.8, 4) is 0 Å². The van der Waals surface area contributed by atoms with E-state index in [0.29, 0.717) is 18.5 Å². The largest absolute Gasteiger partial charge is 0.311 e. The van der Waals surface area contributed by atoms with E-state index < -0.39 is 6.43 Å². The highest BCUT2D eigenvalue weighted by molar-refractivity contribution is 4.93. The molecule has 1 nitrogen and oxygen atoms in total. The summed E-state index contributed by atoms with van der Waals surface area (Å²) in [6, 6.07) is 0.981. The van der Waals surface area contributed by atoms with E-state index in [4.69, 9.17) is 0 Å². The second-order valence-electron chi connectivity index (χ2n) is 4.94. The smallest absolute Gasteiger partial charge is 0.241 e. The van der Waals surface area contributed by atoms with Gasteiger partial charge in [-0.05, 0) is 31.6 Å². The first-order valence-electron chi connectivity index (χ1n) is 5.71. The molecular formula is C11H19F2N. The number of alkyl halides is 2. The molecule has 0 aromatic carbocycles. The van der Waals surface area contributed by atoms with Crippen LogP contribution in [0.25, 0.3) is 0 Å². The van der Waals surface area contributed by atoms with Crippen LogP contribution in [0.15, 0.2) is 0 Å². The van der Waals surface area contributed by atoms with Crippen molar-refractivity contribution in [1.82, 2.24) is 5.32 Å². The fraction of sp³-hybridized carbons (Fsp3) is 1.00. The molecule has 0 aromatic heterocycles. The van der Waals surface area contributed by atoms with Crippen LogP contribution in [0.5, 0.6) is 0 Å². The van der Waals surface area contributed by atoms with Crippen molar-refractivity contribution in [3.05, 3.63) is 0 Å². The lowest BCUT2D eigenvalue weighted by molar-refractivity contribution is 0.0476. The van der Waals surface area contributed by atoms with Gasteiger partial charge < -0.3 is 5.32 Å². The van der Waals surface area contributed by atoms with Gasteiger partial charge >= 0.3 is 0 Å². The molecule has 4 atom stereocenters. The minimum atomic E-state index is -2.11. The first-order valence-corrected chi connectivity index (χ1v) is 5.71.